The second-order valence-corrected chi connectivity index (χ2v) is 5.06. The number of ether oxygens (including phenoxy) is 1. The van der Waals surface area contributed by atoms with Crippen LogP contribution in [0.3, 0.4) is 0 Å². The van der Waals surface area contributed by atoms with E-state index in [0.717, 1.165) is 5.76 Å². The number of rotatable bonds is 6. The van der Waals surface area contributed by atoms with Crippen LogP contribution in [0.15, 0.2) is 46.9 Å². The SMILES string of the molecule is COC[C@@](C)(NCc1ccc(Cl)o1)c1ccccc1. The highest BCUT2D eigenvalue weighted by molar-refractivity contribution is 6.28. The average Bonchev–Trinajstić information content (AvgIpc) is 2.84. The molecule has 0 aliphatic carbocycles. The highest BCUT2D eigenvalue weighted by Gasteiger charge is 2.26. The first-order valence-corrected chi connectivity index (χ1v) is 6.55. The van der Waals surface area contributed by atoms with Gasteiger partial charge in [-0.1, -0.05) is 30.3 Å². The topological polar surface area (TPSA) is 34.4 Å². The fourth-order valence-corrected chi connectivity index (χ4v) is 2.22. The Bertz CT molecular complexity index is 512. The number of hydrogen-bond donors (Lipinski definition) is 1. The first kappa shape index (κ1) is 14.1. The minimum Gasteiger partial charge on any atom is -0.448 e. The third kappa shape index (κ3) is 3.60. The third-order valence-electron chi connectivity index (χ3n) is 3.13. The predicted octanol–water partition coefficient (Wildman–Crippen LogP) is 3.58. The Morgan fingerprint density at radius 1 is 1.21 bits per heavy atom. The molecule has 0 fully saturated rings. The Labute approximate surface area is 118 Å². The minimum atomic E-state index is -0.269. The lowest BCUT2D eigenvalue weighted by Gasteiger charge is -2.30. The Morgan fingerprint density at radius 2 is 1.95 bits per heavy atom. The van der Waals surface area contributed by atoms with Crippen molar-refractivity contribution in [1.82, 2.24) is 5.32 Å². The van der Waals surface area contributed by atoms with E-state index in [1.165, 1.54) is 5.56 Å². The zero-order valence-electron chi connectivity index (χ0n) is 11.2. The molecule has 1 aromatic heterocycles. The van der Waals surface area contributed by atoms with Gasteiger partial charge in [-0.15, -0.1) is 0 Å². The van der Waals surface area contributed by atoms with Gasteiger partial charge in [0.2, 0.25) is 0 Å². The van der Waals surface area contributed by atoms with E-state index in [9.17, 15) is 0 Å². The molecule has 0 radical (unpaired) electrons. The maximum absolute atomic E-state index is 5.77. The Kier molecular flexibility index (Phi) is 4.64. The van der Waals surface area contributed by atoms with Gasteiger partial charge in [-0.3, -0.25) is 5.32 Å². The Balaban J connectivity index is 2.11. The lowest BCUT2D eigenvalue weighted by molar-refractivity contribution is 0.115. The molecule has 4 heteroatoms. The van der Waals surface area contributed by atoms with Gasteiger partial charge >= 0.3 is 0 Å². The van der Waals surface area contributed by atoms with E-state index >= 15 is 0 Å². The number of benzene rings is 1. The van der Waals surface area contributed by atoms with E-state index in [1.807, 2.05) is 24.3 Å². The number of methoxy groups -OCH3 is 1. The molecular weight excluding hydrogens is 262 g/mol. The molecule has 1 atom stereocenters. The lowest BCUT2D eigenvalue weighted by Crippen LogP contribution is -2.42. The van der Waals surface area contributed by atoms with Gasteiger partial charge < -0.3 is 9.15 Å². The second kappa shape index (κ2) is 6.24. The normalized spacial score (nSPS) is 14.3. The van der Waals surface area contributed by atoms with Crippen molar-refractivity contribution in [2.45, 2.75) is 19.0 Å². The summed E-state index contributed by atoms with van der Waals surface area (Å²) >= 11 is 5.77. The Hall–Kier alpha value is -1.29. The molecule has 0 amide bonds. The first-order valence-electron chi connectivity index (χ1n) is 6.18. The third-order valence-corrected chi connectivity index (χ3v) is 3.33. The minimum absolute atomic E-state index is 0.269. The van der Waals surface area contributed by atoms with Gasteiger partial charge in [-0.05, 0) is 36.2 Å². The van der Waals surface area contributed by atoms with Crippen molar-refractivity contribution < 1.29 is 9.15 Å². The van der Waals surface area contributed by atoms with Crippen molar-refractivity contribution >= 4 is 11.6 Å². The fourth-order valence-electron chi connectivity index (χ4n) is 2.06. The van der Waals surface area contributed by atoms with Gasteiger partial charge in [0.05, 0.1) is 18.7 Å². The van der Waals surface area contributed by atoms with Crippen LogP contribution in [0.4, 0.5) is 0 Å². The molecule has 0 aliphatic rings. The van der Waals surface area contributed by atoms with Crippen molar-refractivity contribution in [2.24, 2.45) is 0 Å². The molecule has 1 N–H and O–H groups in total. The molecule has 2 aromatic rings. The number of halogens is 1. The lowest BCUT2D eigenvalue weighted by atomic mass is 9.93. The van der Waals surface area contributed by atoms with E-state index in [4.69, 9.17) is 20.8 Å². The molecule has 0 bridgehead atoms. The van der Waals surface area contributed by atoms with Crippen LogP contribution in [0.5, 0.6) is 0 Å². The van der Waals surface area contributed by atoms with E-state index in [2.05, 4.69) is 24.4 Å². The summed E-state index contributed by atoms with van der Waals surface area (Å²) in [6.45, 7) is 3.28. The van der Waals surface area contributed by atoms with Crippen LogP contribution >= 0.6 is 11.6 Å². The molecule has 0 saturated heterocycles. The van der Waals surface area contributed by atoms with Crippen LogP contribution in [0.1, 0.15) is 18.2 Å². The van der Waals surface area contributed by atoms with Crippen molar-refractivity contribution in [3.63, 3.8) is 0 Å². The maximum atomic E-state index is 5.77. The van der Waals surface area contributed by atoms with Crippen molar-refractivity contribution in [3.05, 3.63) is 59.0 Å². The van der Waals surface area contributed by atoms with Gasteiger partial charge in [0.25, 0.3) is 0 Å². The molecular formula is C15H18ClNO2. The second-order valence-electron chi connectivity index (χ2n) is 4.69. The molecule has 1 aromatic carbocycles. The summed E-state index contributed by atoms with van der Waals surface area (Å²) in [5.41, 5.74) is 0.907. The van der Waals surface area contributed by atoms with Gasteiger partial charge in [-0.25, -0.2) is 0 Å². The number of nitrogens with one attached hydrogen (secondary N) is 1. The van der Waals surface area contributed by atoms with Gasteiger partial charge in [0.1, 0.15) is 5.76 Å². The molecule has 2 rings (SSSR count). The molecule has 3 nitrogen and oxygen atoms in total. The summed E-state index contributed by atoms with van der Waals surface area (Å²) in [7, 11) is 1.70. The van der Waals surface area contributed by atoms with Crippen molar-refractivity contribution in [3.8, 4) is 0 Å². The fraction of sp³-hybridized carbons (Fsp3) is 0.333. The zero-order chi connectivity index (χ0) is 13.7. The van der Waals surface area contributed by atoms with Crippen LogP contribution in [0.25, 0.3) is 0 Å². The molecule has 0 aliphatic heterocycles. The molecule has 0 spiro atoms. The van der Waals surface area contributed by atoms with Gasteiger partial charge in [0.15, 0.2) is 5.22 Å². The highest BCUT2D eigenvalue weighted by atomic mass is 35.5. The smallest absolute Gasteiger partial charge is 0.193 e. The standard InChI is InChI=1S/C15H18ClNO2/c1-15(11-18-2,12-6-4-3-5-7-12)17-10-13-8-9-14(16)19-13/h3-9,17H,10-11H2,1-2H3/t15-/m1/s1. The summed E-state index contributed by atoms with van der Waals surface area (Å²) in [5, 5.41) is 3.87. The predicted molar refractivity (Wildman–Crippen MR) is 76.2 cm³/mol. The average molecular weight is 280 g/mol. The summed E-state index contributed by atoms with van der Waals surface area (Å²) in [5.74, 6) is 0.809. The molecule has 0 unspecified atom stereocenters. The monoisotopic (exact) mass is 279 g/mol. The zero-order valence-corrected chi connectivity index (χ0v) is 11.9. The van der Waals surface area contributed by atoms with E-state index < -0.39 is 0 Å². The van der Waals surface area contributed by atoms with Crippen LogP contribution in [0.2, 0.25) is 5.22 Å². The largest absolute Gasteiger partial charge is 0.448 e. The van der Waals surface area contributed by atoms with Crippen LogP contribution in [-0.4, -0.2) is 13.7 Å². The van der Waals surface area contributed by atoms with Crippen LogP contribution in [0, 0.1) is 0 Å². The van der Waals surface area contributed by atoms with E-state index in [-0.39, 0.29) is 5.54 Å². The van der Waals surface area contributed by atoms with E-state index in [1.54, 1.807) is 13.2 Å². The van der Waals surface area contributed by atoms with Gasteiger partial charge in [0, 0.05) is 7.11 Å². The quantitative estimate of drug-likeness (QED) is 0.878. The summed E-state index contributed by atoms with van der Waals surface area (Å²) in [6.07, 6.45) is 0. The number of hydrogen-bond acceptors (Lipinski definition) is 3. The Morgan fingerprint density at radius 3 is 2.53 bits per heavy atom. The molecule has 1 heterocycles. The number of furan rings is 1. The first-order chi connectivity index (χ1) is 9.14. The molecule has 19 heavy (non-hydrogen) atoms. The molecule has 0 saturated carbocycles. The van der Waals surface area contributed by atoms with E-state index in [0.29, 0.717) is 18.4 Å². The maximum Gasteiger partial charge on any atom is 0.193 e. The summed E-state index contributed by atoms with van der Waals surface area (Å²) < 4.78 is 10.7. The molecule has 102 valence electrons. The van der Waals surface area contributed by atoms with Gasteiger partial charge in [-0.2, -0.15) is 0 Å². The van der Waals surface area contributed by atoms with Crippen molar-refractivity contribution in [1.29, 1.82) is 0 Å². The highest BCUT2D eigenvalue weighted by Crippen LogP contribution is 2.22. The summed E-state index contributed by atoms with van der Waals surface area (Å²) in [4.78, 5) is 0. The van der Waals surface area contributed by atoms with Crippen molar-refractivity contribution in [2.75, 3.05) is 13.7 Å². The van der Waals surface area contributed by atoms with Crippen LogP contribution < -0.4 is 5.32 Å². The summed E-state index contributed by atoms with van der Waals surface area (Å²) in [6, 6.07) is 13.8. The van der Waals surface area contributed by atoms with Crippen LogP contribution in [-0.2, 0) is 16.8 Å².